The van der Waals surface area contributed by atoms with Crippen LogP contribution in [-0.4, -0.2) is 27.3 Å². The Balaban J connectivity index is 1.71. The number of thiophene rings is 1. The second-order valence-electron chi connectivity index (χ2n) is 6.46. The van der Waals surface area contributed by atoms with E-state index in [1.807, 2.05) is 11.4 Å². The molecular weight excluding hydrogens is 354 g/mol. The molecule has 0 radical (unpaired) electrons. The van der Waals surface area contributed by atoms with Crippen LogP contribution in [0.2, 0.25) is 0 Å². The third-order valence-corrected chi connectivity index (χ3v) is 6.50. The van der Waals surface area contributed by atoms with Crippen molar-refractivity contribution in [2.75, 3.05) is 5.75 Å². The summed E-state index contributed by atoms with van der Waals surface area (Å²) in [5.74, 6) is 0.804. The van der Waals surface area contributed by atoms with Crippen molar-refractivity contribution >= 4 is 39.2 Å². The molecule has 1 saturated carbocycles. The van der Waals surface area contributed by atoms with E-state index in [1.165, 1.54) is 42.4 Å². The molecule has 1 fully saturated rings. The van der Waals surface area contributed by atoms with Crippen LogP contribution >= 0.6 is 23.1 Å². The Morgan fingerprint density at radius 1 is 1.52 bits per heavy atom. The number of hydrogen-bond acceptors (Lipinski definition) is 5. The Morgan fingerprint density at radius 2 is 2.32 bits per heavy atom. The van der Waals surface area contributed by atoms with Gasteiger partial charge in [-0.1, -0.05) is 37.6 Å². The lowest BCUT2D eigenvalue weighted by Gasteiger charge is -2.29. The maximum atomic E-state index is 12.6. The molecule has 25 heavy (non-hydrogen) atoms. The highest BCUT2D eigenvalue weighted by Gasteiger charge is 2.23. The number of rotatable bonds is 6. The normalized spacial score (nSPS) is 20.5. The van der Waals surface area contributed by atoms with Gasteiger partial charge in [-0.2, -0.15) is 0 Å². The first-order chi connectivity index (χ1) is 12.1. The van der Waals surface area contributed by atoms with E-state index < -0.39 is 0 Å². The molecule has 2 aromatic rings. The van der Waals surface area contributed by atoms with E-state index >= 15 is 0 Å². The molecule has 0 saturated heterocycles. The van der Waals surface area contributed by atoms with Crippen molar-refractivity contribution in [1.29, 1.82) is 0 Å². The largest absolute Gasteiger partial charge is 0.352 e. The number of fused-ring (bicyclic) bond motifs is 1. The van der Waals surface area contributed by atoms with Gasteiger partial charge in [-0.25, -0.2) is 4.98 Å². The topological polar surface area (TPSA) is 64.0 Å². The van der Waals surface area contributed by atoms with Gasteiger partial charge < -0.3 is 5.32 Å². The summed E-state index contributed by atoms with van der Waals surface area (Å²) < 4.78 is 2.24. The molecule has 5 nitrogen and oxygen atoms in total. The number of amides is 1. The number of aromatic nitrogens is 2. The first kappa shape index (κ1) is 18.2. The number of carbonyl (C=O) groups excluding carboxylic acids is 1. The third kappa shape index (κ3) is 4.15. The van der Waals surface area contributed by atoms with Gasteiger partial charge in [0.25, 0.3) is 5.56 Å². The van der Waals surface area contributed by atoms with Crippen LogP contribution < -0.4 is 10.9 Å². The average molecular weight is 378 g/mol. The number of thioether (sulfide) groups is 1. The van der Waals surface area contributed by atoms with Crippen molar-refractivity contribution in [1.82, 2.24) is 14.9 Å². The first-order valence-electron chi connectivity index (χ1n) is 8.61. The highest BCUT2D eigenvalue weighted by molar-refractivity contribution is 7.99. The smallest absolute Gasteiger partial charge is 0.272 e. The Kier molecular flexibility index (Phi) is 5.96. The molecule has 0 spiro atoms. The number of nitrogens with one attached hydrogen (secondary N) is 1. The summed E-state index contributed by atoms with van der Waals surface area (Å²) in [6, 6.07) is 2.11. The molecule has 7 heteroatoms. The zero-order valence-electron chi connectivity index (χ0n) is 14.4. The van der Waals surface area contributed by atoms with Crippen LogP contribution in [0.4, 0.5) is 0 Å². The van der Waals surface area contributed by atoms with E-state index in [4.69, 9.17) is 0 Å². The molecule has 1 amide bonds. The van der Waals surface area contributed by atoms with E-state index in [9.17, 15) is 9.59 Å². The van der Waals surface area contributed by atoms with Gasteiger partial charge in [-0.3, -0.25) is 14.2 Å². The molecule has 0 aromatic carbocycles. The van der Waals surface area contributed by atoms with Crippen molar-refractivity contribution in [2.24, 2.45) is 5.92 Å². The molecule has 1 aliphatic rings. The number of hydrogen-bond donors (Lipinski definition) is 1. The Morgan fingerprint density at radius 3 is 3.08 bits per heavy atom. The van der Waals surface area contributed by atoms with Gasteiger partial charge in [0.1, 0.15) is 4.70 Å². The fourth-order valence-corrected chi connectivity index (χ4v) is 4.83. The zero-order valence-corrected chi connectivity index (χ0v) is 16.0. The minimum Gasteiger partial charge on any atom is -0.352 e. The molecule has 2 heterocycles. The van der Waals surface area contributed by atoms with Crippen molar-refractivity contribution in [3.8, 4) is 0 Å². The fourth-order valence-electron chi connectivity index (χ4n) is 3.23. The number of allylic oxidation sites excluding steroid dienone is 1. The van der Waals surface area contributed by atoms with Gasteiger partial charge in [0, 0.05) is 12.6 Å². The standard InChI is InChI=1S/C18H23N3O2S2/c1-3-9-21-17(23)16-14(8-10-24-16)20-18(21)25-11-15(22)19-13-7-5-4-6-12(13)2/h3,8,10,12-13H,1,4-7,9,11H2,2H3,(H,19,22)/t12-,13+/m1/s1. The van der Waals surface area contributed by atoms with Crippen LogP contribution in [0.15, 0.2) is 34.1 Å². The Bertz CT molecular complexity index is 827. The second kappa shape index (κ2) is 8.19. The Labute approximate surface area is 155 Å². The highest BCUT2D eigenvalue weighted by Crippen LogP contribution is 2.24. The number of carbonyl (C=O) groups is 1. The fraction of sp³-hybridized carbons (Fsp3) is 0.500. The van der Waals surface area contributed by atoms with Crippen molar-refractivity contribution in [2.45, 2.75) is 50.4 Å². The highest BCUT2D eigenvalue weighted by atomic mass is 32.2. The molecular formula is C18H23N3O2S2. The summed E-state index contributed by atoms with van der Waals surface area (Å²) >= 11 is 2.71. The predicted octanol–water partition coefficient (Wildman–Crippen LogP) is 3.43. The third-order valence-electron chi connectivity index (χ3n) is 4.63. The SMILES string of the molecule is C=CCn1c(SCC(=O)N[C@H]2CCCC[C@H]2C)nc2ccsc2c1=O. The molecule has 2 aromatic heterocycles. The van der Waals surface area contributed by atoms with Crippen LogP contribution in [0.25, 0.3) is 10.2 Å². The van der Waals surface area contributed by atoms with E-state index in [2.05, 4.69) is 23.8 Å². The van der Waals surface area contributed by atoms with Crippen LogP contribution in [0, 0.1) is 5.92 Å². The van der Waals surface area contributed by atoms with Crippen molar-refractivity contribution in [3.05, 3.63) is 34.5 Å². The van der Waals surface area contributed by atoms with Crippen LogP contribution in [0.5, 0.6) is 0 Å². The monoisotopic (exact) mass is 377 g/mol. The van der Waals surface area contributed by atoms with Crippen LogP contribution in [0.3, 0.4) is 0 Å². The average Bonchev–Trinajstić information content (AvgIpc) is 3.07. The van der Waals surface area contributed by atoms with Gasteiger partial charge in [-0.15, -0.1) is 17.9 Å². The second-order valence-corrected chi connectivity index (χ2v) is 8.32. The summed E-state index contributed by atoms with van der Waals surface area (Å²) in [4.78, 5) is 29.5. The Hall–Kier alpha value is -1.60. The summed E-state index contributed by atoms with van der Waals surface area (Å²) in [6.07, 6.45) is 6.33. The minimum atomic E-state index is -0.0660. The van der Waals surface area contributed by atoms with Crippen molar-refractivity contribution in [3.63, 3.8) is 0 Å². The zero-order chi connectivity index (χ0) is 17.8. The van der Waals surface area contributed by atoms with Gasteiger partial charge in [0.15, 0.2) is 5.16 Å². The minimum absolute atomic E-state index is 0.00793. The summed E-state index contributed by atoms with van der Waals surface area (Å²) in [5.41, 5.74) is 0.628. The molecule has 0 bridgehead atoms. The quantitative estimate of drug-likeness (QED) is 0.476. The molecule has 0 aliphatic heterocycles. The lowest BCUT2D eigenvalue weighted by molar-refractivity contribution is -0.119. The molecule has 1 N–H and O–H groups in total. The van der Waals surface area contributed by atoms with Gasteiger partial charge in [0.05, 0.1) is 11.3 Å². The summed E-state index contributed by atoms with van der Waals surface area (Å²) in [5, 5.41) is 5.58. The molecule has 1 aliphatic carbocycles. The maximum absolute atomic E-state index is 12.6. The lowest BCUT2D eigenvalue weighted by atomic mass is 9.86. The molecule has 0 unspecified atom stereocenters. The van der Waals surface area contributed by atoms with Crippen LogP contribution in [-0.2, 0) is 11.3 Å². The molecule has 134 valence electrons. The van der Waals surface area contributed by atoms with Crippen molar-refractivity contribution < 1.29 is 4.79 Å². The van der Waals surface area contributed by atoms with Gasteiger partial charge >= 0.3 is 0 Å². The summed E-state index contributed by atoms with van der Waals surface area (Å²) in [6.45, 7) is 6.31. The molecule has 3 rings (SSSR count). The van der Waals surface area contributed by atoms with Gasteiger partial charge in [0.2, 0.25) is 5.91 Å². The predicted molar refractivity (Wildman–Crippen MR) is 104 cm³/mol. The molecule has 2 atom stereocenters. The van der Waals surface area contributed by atoms with E-state index in [0.717, 1.165) is 6.42 Å². The van der Waals surface area contributed by atoms with E-state index in [-0.39, 0.29) is 23.3 Å². The van der Waals surface area contributed by atoms with Crippen LogP contribution in [0.1, 0.15) is 32.6 Å². The van der Waals surface area contributed by atoms with E-state index in [0.29, 0.717) is 27.8 Å². The lowest BCUT2D eigenvalue weighted by Crippen LogP contribution is -2.41. The summed E-state index contributed by atoms with van der Waals surface area (Å²) in [7, 11) is 0. The van der Waals surface area contributed by atoms with Gasteiger partial charge in [-0.05, 0) is 30.2 Å². The first-order valence-corrected chi connectivity index (χ1v) is 10.5. The number of nitrogens with zero attached hydrogens (tertiary/aromatic N) is 2. The van der Waals surface area contributed by atoms with E-state index in [1.54, 1.807) is 10.6 Å². The maximum Gasteiger partial charge on any atom is 0.272 e.